The molecule has 2 aliphatic heterocycles. The van der Waals surface area contributed by atoms with Crippen molar-refractivity contribution in [2.75, 3.05) is 26.2 Å². The average Bonchev–Trinajstić information content (AvgIpc) is 2.80. The highest BCUT2D eigenvalue weighted by atomic mass is 19.1. The first-order valence-electron chi connectivity index (χ1n) is 6.63. The van der Waals surface area contributed by atoms with Crippen molar-refractivity contribution in [1.82, 2.24) is 9.80 Å². The third kappa shape index (κ3) is 2.40. The van der Waals surface area contributed by atoms with Gasteiger partial charge < -0.3 is 0 Å². The highest BCUT2D eigenvalue weighted by Crippen LogP contribution is 2.23. The molecule has 18 heavy (non-hydrogen) atoms. The van der Waals surface area contributed by atoms with Gasteiger partial charge in [-0.3, -0.25) is 9.80 Å². The van der Waals surface area contributed by atoms with Crippen molar-refractivity contribution in [2.45, 2.75) is 25.4 Å². The Morgan fingerprint density at radius 1 is 1.17 bits per heavy atom. The van der Waals surface area contributed by atoms with Gasteiger partial charge in [-0.05, 0) is 25.5 Å². The van der Waals surface area contributed by atoms with Gasteiger partial charge in [0.2, 0.25) is 0 Å². The van der Waals surface area contributed by atoms with Crippen LogP contribution in [0.1, 0.15) is 18.4 Å². The lowest BCUT2D eigenvalue weighted by Crippen LogP contribution is -2.49. The molecule has 2 saturated heterocycles. The highest BCUT2D eigenvalue weighted by molar-refractivity contribution is 5.18. The van der Waals surface area contributed by atoms with E-state index in [1.165, 1.54) is 25.5 Å². The summed E-state index contributed by atoms with van der Waals surface area (Å²) < 4.78 is 26.4. The number of nitrogens with zero attached hydrogens (tertiary/aromatic N) is 2. The largest absolute Gasteiger partial charge is 0.298 e. The molecule has 4 heteroatoms. The van der Waals surface area contributed by atoms with Crippen LogP contribution < -0.4 is 0 Å². The Balaban J connectivity index is 1.66. The molecule has 0 bridgehead atoms. The van der Waals surface area contributed by atoms with Gasteiger partial charge >= 0.3 is 0 Å². The zero-order valence-electron chi connectivity index (χ0n) is 10.4. The molecular formula is C14H18F2N2. The van der Waals surface area contributed by atoms with Crippen LogP contribution in [-0.4, -0.2) is 42.0 Å². The fourth-order valence-electron chi connectivity index (χ4n) is 3.09. The molecule has 0 aliphatic carbocycles. The summed E-state index contributed by atoms with van der Waals surface area (Å²) in [6.07, 6.45) is 2.53. The van der Waals surface area contributed by atoms with Crippen LogP contribution in [0.3, 0.4) is 0 Å². The summed E-state index contributed by atoms with van der Waals surface area (Å²) in [4.78, 5) is 4.81. The average molecular weight is 252 g/mol. The molecule has 0 spiro atoms. The summed E-state index contributed by atoms with van der Waals surface area (Å²) in [6, 6.07) is 4.51. The van der Waals surface area contributed by atoms with Gasteiger partial charge in [-0.25, -0.2) is 8.78 Å². The van der Waals surface area contributed by atoms with Crippen LogP contribution >= 0.6 is 0 Å². The molecule has 3 rings (SSSR count). The molecule has 1 unspecified atom stereocenters. The highest BCUT2D eigenvalue weighted by Gasteiger charge is 2.30. The van der Waals surface area contributed by atoms with Crippen molar-refractivity contribution >= 4 is 0 Å². The Morgan fingerprint density at radius 3 is 2.89 bits per heavy atom. The second-order valence-corrected chi connectivity index (χ2v) is 5.30. The van der Waals surface area contributed by atoms with Gasteiger partial charge in [0.05, 0.1) is 0 Å². The van der Waals surface area contributed by atoms with E-state index < -0.39 is 11.6 Å². The molecule has 2 aliphatic rings. The molecule has 0 amide bonds. The number of halogens is 2. The Hall–Kier alpha value is -1.00. The van der Waals surface area contributed by atoms with Crippen LogP contribution in [0.4, 0.5) is 8.78 Å². The van der Waals surface area contributed by atoms with E-state index in [0.29, 0.717) is 18.2 Å². The van der Waals surface area contributed by atoms with Crippen molar-refractivity contribution in [3.8, 4) is 0 Å². The molecule has 1 aromatic rings. The number of hydrogen-bond donors (Lipinski definition) is 0. The minimum Gasteiger partial charge on any atom is -0.298 e. The van der Waals surface area contributed by atoms with Crippen LogP contribution in [0.5, 0.6) is 0 Å². The van der Waals surface area contributed by atoms with Crippen molar-refractivity contribution in [3.63, 3.8) is 0 Å². The van der Waals surface area contributed by atoms with Crippen molar-refractivity contribution in [1.29, 1.82) is 0 Å². The normalized spacial score (nSPS) is 25.3. The van der Waals surface area contributed by atoms with Crippen LogP contribution in [-0.2, 0) is 6.54 Å². The van der Waals surface area contributed by atoms with Gasteiger partial charge in [0.15, 0.2) is 0 Å². The molecule has 2 heterocycles. The Labute approximate surface area is 106 Å². The van der Waals surface area contributed by atoms with E-state index >= 15 is 0 Å². The topological polar surface area (TPSA) is 6.48 Å². The summed E-state index contributed by atoms with van der Waals surface area (Å²) in [5.74, 6) is -0.930. The quantitative estimate of drug-likeness (QED) is 0.796. The second kappa shape index (κ2) is 4.94. The summed E-state index contributed by atoms with van der Waals surface area (Å²) in [5.41, 5.74) is 0.600. The smallest absolute Gasteiger partial charge is 0.130 e. The molecule has 0 saturated carbocycles. The van der Waals surface area contributed by atoms with Gasteiger partial charge in [-0.15, -0.1) is 0 Å². The van der Waals surface area contributed by atoms with E-state index in [1.807, 2.05) is 0 Å². The Bertz CT molecular complexity index is 436. The molecule has 2 fully saturated rings. The van der Waals surface area contributed by atoms with Crippen LogP contribution in [0.25, 0.3) is 0 Å². The van der Waals surface area contributed by atoms with Crippen molar-refractivity contribution < 1.29 is 8.78 Å². The van der Waals surface area contributed by atoms with Crippen molar-refractivity contribution in [2.24, 2.45) is 0 Å². The molecule has 98 valence electrons. The fraction of sp³-hybridized carbons (Fsp3) is 0.571. The van der Waals surface area contributed by atoms with Gasteiger partial charge in [-0.2, -0.15) is 0 Å². The van der Waals surface area contributed by atoms with Gasteiger partial charge in [-0.1, -0.05) is 6.07 Å². The van der Waals surface area contributed by atoms with E-state index in [0.717, 1.165) is 25.7 Å². The Kier molecular flexibility index (Phi) is 3.31. The third-order valence-electron chi connectivity index (χ3n) is 4.08. The summed E-state index contributed by atoms with van der Waals surface area (Å²) >= 11 is 0. The zero-order valence-corrected chi connectivity index (χ0v) is 10.4. The van der Waals surface area contributed by atoms with Gasteiger partial charge in [0, 0.05) is 43.9 Å². The van der Waals surface area contributed by atoms with E-state index in [2.05, 4.69) is 9.80 Å². The first-order valence-corrected chi connectivity index (χ1v) is 6.63. The predicted octanol–water partition coefficient (Wildman–Crippen LogP) is 2.24. The summed E-state index contributed by atoms with van der Waals surface area (Å²) in [6.45, 7) is 4.87. The molecule has 1 aromatic carbocycles. The monoisotopic (exact) mass is 252 g/mol. The van der Waals surface area contributed by atoms with Gasteiger partial charge in [0.1, 0.15) is 11.6 Å². The molecular weight excluding hydrogens is 234 g/mol. The van der Waals surface area contributed by atoms with E-state index in [4.69, 9.17) is 0 Å². The lowest BCUT2D eigenvalue weighted by Gasteiger charge is -2.37. The lowest BCUT2D eigenvalue weighted by atomic mass is 10.1. The second-order valence-electron chi connectivity index (χ2n) is 5.30. The maximum atomic E-state index is 13.6. The SMILES string of the molecule is Fc1ccc(CN2CCN3CCCC3C2)c(F)c1. The van der Waals surface area contributed by atoms with Crippen molar-refractivity contribution in [3.05, 3.63) is 35.4 Å². The molecule has 1 atom stereocenters. The van der Waals surface area contributed by atoms with E-state index in [-0.39, 0.29) is 0 Å². The lowest BCUT2D eigenvalue weighted by molar-refractivity contribution is 0.0985. The fourth-order valence-corrected chi connectivity index (χ4v) is 3.09. The number of piperazine rings is 1. The molecule has 0 N–H and O–H groups in total. The standard InChI is InChI=1S/C14H18F2N2/c15-12-4-3-11(14(16)8-12)9-17-6-7-18-5-1-2-13(18)10-17/h3-4,8,13H,1-2,5-7,9-10H2. The molecule has 2 nitrogen and oxygen atoms in total. The zero-order chi connectivity index (χ0) is 12.5. The summed E-state index contributed by atoms with van der Waals surface area (Å²) in [5, 5.41) is 0. The van der Waals surface area contributed by atoms with Crippen LogP contribution in [0, 0.1) is 11.6 Å². The number of benzene rings is 1. The van der Waals surface area contributed by atoms with Crippen LogP contribution in [0.2, 0.25) is 0 Å². The predicted molar refractivity (Wildman–Crippen MR) is 66.2 cm³/mol. The summed E-state index contributed by atoms with van der Waals surface area (Å²) in [7, 11) is 0. The molecule has 0 aromatic heterocycles. The number of rotatable bonds is 2. The molecule has 0 radical (unpaired) electrons. The third-order valence-corrected chi connectivity index (χ3v) is 4.08. The first-order chi connectivity index (χ1) is 8.72. The Morgan fingerprint density at radius 2 is 2.06 bits per heavy atom. The van der Waals surface area contributed by atoms with E-state index in [1.54, 1.807) is 6.07 Å². The maximum absolute atomic E-state index is 13.6. The number of hydrogen-bond acceptors (Lipinski definition) is 2. The van der Waals surface area contributed by atoms with E-state index in [9.17, 15) is 8.78 Å². The van der Waals surface area contributed by atoms with Gasteiger partial charge in [0.25, 0.3) is 0 Å². The minimum atomic E-state index is -0.503. The minimum absolute atomic E-state index is 0.427. The van der Waals surface area contributed by atoms with Crippen LogP contribution in [0.15, 0.2) is 18.2 Å². The number of fused-ring (bicyclic) bond motifs is 1. The first kappa shape index (κ1) is 12.1. The maximum Gasteiger partial charge on any atom is 0.130 e.